The molecular formula is C10H16O3. The Labute approximate surface area is 78.4 Å². The van der Waals surface area contributed by atoms with Crippen LogP contribution in [0.25, 0.3) is 0 Å². The molecule has 0 atom stereocenters. The number of hydrogen-bond acceptors (Lipinski definition) is 3. The van der Waals surface area contributed by atoms with Crippen LogP contribution in [0, 0.1) is 11.3 Å². The Kier molecular flexibility index (Phi) is 2.65. The first-order valence-corrected chi connectivity index (χ1v) is 4.96. The van der Waals surface area contributed by atoms with E-state index in [0.717, 1.165) is 52.0 Å². The smallest absolute Gasteiger partial charge is 0.126 e. The van der Waals surface area contributed by atoms with Gasteiger partial charge in [0.15, 0.2) is 0 Å². The Morgan fingerprint density at radius 1 is 1.23 bits per heavy atom. The van der Waals surface area contributed by atoms with Gasteiger partial charge in [0.25, 0.3) is 0 Å². The van der Waals surface area contributed by atoms with Gasteiger partial charge in [-0.1, -0.05) is 0 Å². The van der Waals surface area contributed by atoms with Crippen LogP contribution >= 0.6 is 0 Å². The van der Waals surface area contributed by atoms with Crippen molar-refractivity contribution in [2.45, 2.75) is 19.3 Å². The summed E-state index contributed by atoms with van der Waals surface area (Å²) in [6.07, 6.45) is 3.94. The van der Waals surface area contributed by atoms with Crippen LogP contribution in [0.2, 0.25) is 0 Å². The van der Waals surface area contributed by atoms with Crippen molar-refractivity contribution in [3.63, 3.8) is 0 Å². The molecule has 0 aromatic heterocycles. The second kappa shape index (κ2) is 3.76. The van der Waals surface area contributed by atoms with E-state index in [1.807, 2.05) is 0 Å². The molecule has 2 rings (SSSR count). The molecule has 0 radical (unpaired) electrons. The molecule has 2 aliphatic heterocycles. The van der Waals surface area contributed by atoms with Gasteiger partial charge in [0.1, 0.15) is 6.29 Å². The predicted octanol–water partition coefficient (Wildman–Crippen LogP) is 1.02. The molecule has 3 nitrogen and oxygen atoms in total. The quantitative estimate of drug-likeness (QED) is 0.614. The maximum absolute atomic E-state index is 11.1. The summed E-state index contributed by atoms with van der Waals surface area (Å²) >= 11 is 0. The molecule has 0 amide bonds. The maximum Gasteiger partial charge on any atom is 0.126 e. The highest BCUT2D eigenvalue weighted by atomic mass is 16.5. The van der Waals surface area contributed by atoms with Gasteiger partial charge in [0.05, 0.1) is 13.2 Å². The summed E-state index contributed by atoms with van der Waals surface area (Å²) in [4.78, 5) is 11.1. The molecule has 0 aliphatic carbocycles. The van der Waals surface area contributed by atoms with Crippen LogP contribution in [0.15, 0.2) is 0 Å². The Hall–Kier alpha value is -0.410. The van der Waals surface area contributed by atoms with E-state index in [2.05, 4.69) is 0 Å². The zero-order chi connectivity index (χ0) is 9.15. The Morgan fingerprint density at radius 3 is 2.38 bits per heavy atom. The summed E-state index contributed by atoms with van der Waals surface area (Å²) in [6.45, 7) is 3.17. The minimum atomic E-state index is -0.0906. The van der Waals surface area contributed by atoms with Crippen molar-refractivity contribution < 1.29 is 14.3 Å². The summed E-state index contributed by atoms with van der Waals surface area (Å²) < 4.78 is 10.4. The van der Waals surface area contributed by atoms with Gasteiger partial charge in [0.2, 0.25) is 0 Å². The lowest BCUT2D eigenvalue weighted by Crippen LogP contribution is -2.38. The molecular weight excluding hydrogens is 168 g/mol. The molecule has 3 heteroatoms. The van der Waals surface area contributed by atoms with Crippen molar-refractivity contribution in [2.24, 2.45) is 11.3 Å². The molecule has 0 bridgehead atoms. The zero-order valence-electron chi connectivity index (χ0n) is 7.83. The van der Waals surface area contributed by atoms with Gasteiger partial charge >= 0.3 is 0 Å². The first-order chi connectivity index (χ1) is 6.35. The molecule has 0 aromatic rings. The first kappa shape index (κ1) is 9.16. The fourth-order valence-corrected chi connectivity index (χ4v) is 2.13. The van der Waals surface area contributed by atoms with Crippen LogP contribution in [0.3, 0.4) is 0 Å². The molecule has 2 fully saturated rings. The SMILES string of the molecule is O=CC1(CC2COC2)CCOCC1. The number of ether oxygens (including phenoxy) is 2. The molecule has 2 aliphatic rings. The number of aldehydes is 1. The van der Waals surface area contributed by atoms with Crippen molar-refractivity contribution in [3.8, 4) is 0 Å². The highest BCUT2D eigenvalue weighted by molar-refractivity contribution is 5.59. The average molecular weight is 184 g/mol. The Morgan fingerprint density at radius 2 is 1.92 bits per heavy atom. The van der Waals surface area contributed by atoms with Crippen molar-refractivity contribution >= 4 is 6.29 Å². The summed E-state index contributed by atoms with van der Waals surface area (Å²) in [6, 6.07) is 0. The molecule has 0 unspecified atom stereocenters. The summed E-state index contributed by atoms with van der Waals surface area (Å²) in [5.74, 6) is 0.614. The first-order valence-electron chi connectivity index (χ1n) is 4.96. The zero-order valence-corrected chi connectivity index (χ0v) is 7.83. The summed E-state index contributed by atoms with van der Waals surface area (Å²) in [5, 5.41) is 0. The lowest BCUT2D eigenvalue weighted by atomic mass is 9.74. The van der Waals surface area contributed by atoms with E-state index < -0.39 is 0 Å². The molecule has 2 heterocycles. The third-order valence-electron chi connectivity index (χ3n) is 3.14. The van der Waals surface area contributed by atoms with Gasteiger partial charge in [-0.05, 0) is 19.3 Å². The van der Waals surface area contributed by atoms with Gasteiger partial charge in [0, 0.05) is 24.5 Å². The van der Waals surface area contributed by atoms with Crippen molar-refractivity contribution in [1.29, 1.82) is 0 Å². The standard InChI is InChI=1S/C10H16O3/c11-8-10(1-3-12-4-2-10)5-9-6-13-7-9/h8-9H,1-7H2. The van der Waals surface area contributed by atoms with E-state index in [1.54, 1.807) is 0 Å². The fraction of sp³-hybridized carbons (Fsp3) is 0.900. The minimum Gasteiger partial charge on any atom is -0.381 e. The van der Waals surface area contributed by atoms with E-state index in [1.165, 1.54) is 0 Å². The van der Waals surface area contributed by atoms with Crippen LogP contribution in [-0.2, 0) is 14.3 Å². The average Bonchev–Trinajstić information content (AvgIpc) is 2.13. The van der Waals surface area contributed by atoms with Gasteiger partial charge < -0.3 is 14.3 Å². The number of hydrogen-bond donors (Lipinski definition) is 0. The van der Waals surface area contributed by atoms with Crippen molar-refractivity contribution in [1.82, 2.24) is 0 Å². The van der Waals surface area contributed by atoms with Crippen molar-refractivity contribution in [3.05, 3.63) is 0 Å². The highest BCUT2D eigenvalue weighted by Crippen LogP contribution is 2.36. The minimum absolute atomic E-state index is 0.0906. The number of carbonyl (C=O) groups excluding carboxylic acids is 1. The molecule has 0 N–H and O–H groups in total. The molecule has 0 aromatic carbocycles. The van der Waals surface area contributed by atoms with Gasteiger partial charge in [-0.15, -0.1) is 0 Å². The second-order valence-corrected chi connectivity index (χ2v) is 4.20. The van der Waals surface area contributed by atoms with E-state index in [-0.39, 0.29) is 5.41 Å². The normalized spacial score (nSPS) is 28.0. The number of carbonyl (C=O) groups is 1. The summed E-state index contributed by atoms with van der Waals surface area (Å²) in [5.41, 5.74) is -0.0906. The predicted molar refractivity (Wildman–Crippen MR) is 47.5 cm³/mol. The lowest BCUT2D eigenvalue weighted by Gasteiger charge is -2.37. The van der Waals surface area contributed by atoms with E-state index in [4.69, 9.17) is 9.47 Å². The highest BCUT2D eigenvalue weighted by Gasteiger charge is 2.36. The van der Waals surface area contributed by atoms with Crippen LogP contribution < -0.4 is 0 Å². The van der Waals surface area contributed by atoms with Crippen LogP contribution in [-0.4, -0.2) is 32.7 Å². The van der Waals surface area contributed by atoms with Crippen molar-refractivity contribution in [2.75, 3.05) is 26.4 Å². The van der Waals surface area contributed by atoms with E-state index in [9.17, 15) is 4.79 Å². The second-order valence-electron chi connectivity index (χ2n) is 4.20. The third kappa shape index (κ3) is 1.92. The lowest BCUT2D eigenvalue weighted by molar-refractivity contribution is -0.127. The topological polar surface area (TPSA) is 35.5 Å². The van der Waals surface area contributed by atoms with Gasteiger partial charge in [-0.2, -0.15) is 0 Å². The molecule has 13 heavy (non-hydrogen) atoms. The fourth-order valence-electron chi connectivity index (χ4n) is 2.13. The maximum atomic E-state index is 11.1. The van der Waals surface area contributed by atoms with Gasteiger partial charge in [-0.25, -0.2) is 0 Å². The van der Waals surface area contributed by atoms with Crippen LogP contribution in [0.4, 0.5) is 0 Å². The largest absolute Gasteiger partial charge is 0.381 e. The van der Waals surface area contributed by atoms with E-state index in [0.29, 0.717) is 5.92 Å². The van der Waals surface area contributed by atoms with E-state index >= 15 is 0 Å². The number of rotatable bonds is 3. The summed E-state index contributed by atoms with van der Waals surface area (Å²) in [7, 11) is 0. The third-order valence-corrected chi connectivity index (χ3v) is 3.14. The van der Waals surface area contributed by atoms with Gasteiger partial charge in [-0.3, -0.25) is 0 Å². The molecule has 74 valence electrons. The molecule has 2 saturated heterocycles. The molecule has 0 saturated carbocycles. The Balaban J connectivity index is 1.91. The Bertz CT molecular complexity index is 181. The monoisotopic (exact) mass is 184 g/mol. The van der Waals surface area contributed by atoms with Crippen LogP contribution in [0.1, 0.15) is 19.3 Å². The van der Waals surface area contributed by atoms with Crippen LogP contribution in [0.5, 0.6) is 0 Å². The molecule has 0 spiro atoms.